The fourth-order valence-corrected chi connectivity index (χ4v) is 1.75. The molecule has 1 aromatic carbocycles. The summed E-state index contributed by atoms with van der Waals surface area (Å²) in [6.07, 6.45) is 1.19. The van der Waals surface area contributed by atoms with Crippen LogP contribution in [-0.2, 0) is 0 Å². The summed E-state index contributed by atoms with van der Waals surface area (Å²) in [7, 11) is -2.75. The molecule has 0 unspecified atom stereocenters. The lowest BCUT2D eigenvalue weighted by atomic mass is 10.2. The molecule has 0 amide bonds. The number of methoxy groups -OCH3 is 1. The molecule has 0 aliphatic heterocycles. The van der Waals surface area contributed by atoms with Gasteiger partial charge in [-0.2, -0.15) is 0 Å². The summed E-state index contributed by atoms with van der Waals surface area (Å²) in [4.78, 5) is 7.52. The summed E-state index contributed by atoms with van der Waals surface area (Å²) in [5, 5.41) is -0.0777. The molecule has 0 aliphatic carbocycles. The summed E-state index contributed by atoms with van der Waals surface area (Å²) < 4.78 is 39.9. The number of aromatic nitrogens is 2. The Kier molecular flexibility index (Phi) is 1.67. The van der Waals surface area contributed by atoms with E-state index in [0.29, 0.717) is 4.47 Å². The number of benzene rings is 1. The Morgan fingerprint density at radius 2 is 2.40 bits per heavy atom. The molecule has 0 fully saturated rings. The number of anilines is 1. The van der Waals surface area contributed by atoms with Crippen LogP contribution >= 0.6 is 15.9 Å². The topological polar surface area (TPSA) is 61.0 Å². The van der Waals surface area contributed by atoms with Gasteiger partial charge in [-0.15, -0.1) is 0 Å². The van der Waals surface area contributed by atoms with Crippen LogP contribution in [-0.4, -0.2) is 17.0 Å². The average Bonchev–Trinajstić information content (AvgIpc) is 2.23. The molecule has 15 heavy (non-hydrogen) atoms. The fourth-order valence-electron chi connectivity index (χ4n) is 1.24. The molecule has 2 aromatic rings. The van der Waals surface area contributed by atoms with Crippen molar-refractivity contribution >= 4 is 32.7 Å². The smallest absolute Gasteiger partial charge is 0.178 e. The highest BCUT2D eigenvalue weighted by molar-refractivity contribution is 9.10. The molecule has 1 heterocycles. The van der Waals surface area contributed by atoms with Crippen molar-refractivity contribution in [2.45, 2.75) is 0 Å². The van der Waals surface area contributed by atoms with Gasteiger partial charge in [-0.05, 0) is 22.0 Å². The summed E-state index contributed by atoms with van der Waals surface area (Å²) >= 11 is 3.15. The number of halogens is 2. The number of fused-ring (bicyclic) bond motifs is 1. The second-order valence-electron chi connectivity index (χ2n) is 2.76. The van der Waals surface area contributed by atoms with Crippen LogP contribution in [0.2, 0.25) is 0 Å². The van der Waals surface area contributed by atoms with Crippen molar-refractivity contribution < 1.29 is 13.2 Å². The number of nitrogen functional groups attached to an aromatic ring is 1. The monoisotopic (exact) mass is 274 g/mol. The molecule has 0 spiro atoms. The lowest BCUT2D eigenvalue weighted by molar-refractivity contribution is 0.388. The first-order valence-corrected chi connectivity index (χ1v) is 4.66. The minimum absolute atomic E-state index is 0.0777. The highest BCUT2D eigenvalue weighted by Gasteiger charge is 2.15. The van der Waals surface area contributed by atoms with Gasteiger partial charge in [0, 0.05) is 4.47 Å². The summed E-state index contributed by atoms with van der Waals surface area (Å²) in [5.74, 6) is -1.42. The van der Waals surface area contributed by atoms with Gasteiger partial charge in [-0.1, -0.05) is 0 Å². The van der Waals surface area contributed by atoms with Gasteiger partial charge in [-0.25, -0.2) is 14.4 Å². The molecule has 0 saturated heterocycles. The molecular formula is C9H7BrFN3O. The van der Waals surface area contributed by atoms with Crippen LogP contribution in [0.1, 0.15) is 4.11 Å². The fraction of sp³-hybridized carbons (Fsp3) is 0.111. The van der Waals surface area contributed by atoms with Gasteiger partial charge in [0.1, 0.15) is 12.1 Å². The number of hydrogen-bond acceptors (Lipinski definition) is 4. The third-order valence-electron chi connectivity index (χ3n) is 1.91. The third-order valence-corrected chi connectivity index (χ3v) is 2.51. The maximum Gasteiger partial charge on any atom is 0.178 e. The van der Waals surface area contributed by atoms with Crippen molar-refractivity contribution in [3.05, 3.63) is 22.7 Å². The van der Waals surface area contributed by atoms with Crippen LogP contribution in [0.15, 0.2) is 16.9 Å². The molecule has 2 N–H and O–H groups in total. The van der Waals surface area contributed by atoms with Gasteiger partial charge in [0.2, 0.25) is 0 Å². The molecule has 2 rings (SSSR count). The Balaban J connectivity index is 2.71. The molecule has 6 heteroatoms. The van der Waals surface area contributed by atoms with E-state index in [1.807, 2.05) is 0 Å². The quantitative estimate of drug-likeness (QED) is 0.866. The average molecular weight is 275 g/mol. The molecular weight excluding hydrogens is 265 g/mol. The molecule has 0 atom stereocenters. The molecule has 4 nitrogen and oxygen atoms in total. The van der Waals surface area contributed by atoms with Gasteiger partial charge in [0.15, 0.2) is 11.6 Å². The highest BCUT2D eigenvalue weighted by atomic mass is 79.9. The largest absolute Gasteiger partial charge is 0.494 e. The van der Waals surface area contributed by atoms with E-state index >= 15 is 0 Å². The second kappa shape index (κ2) is 3.62. The zero-order valence-electron chi connectivity index (χ0n) is 10.3. The van der Waals surface area contributed by atoms with Crippen molar-refractivity contribution in [2.75, 3.05) is 12.8 Å². The van der Waals surface area contributed by atoms with Crippen LogP contribution in [0, 0.1) is 5.82 Å². The molecule has 0 aliphatic rings. The number of nitrogens with zero attached hydrogens (tertiary/aromatic N) is 2. The van der Waals surface area contributed by atoms with Crippen molar-refractivity contribution in [1.82, 2.24) is 9.97 Å². The minimum atomic E-state index is -2.75. The van der Waals surface area contributed by atoms with Crippen molar-refractivity contribution in [1.29, 1.82) is 0 Å². The Morgan fingerprint density at radius 3 is 3.13 bits per heavy atom. The first kappa shape index (κ1) is 6.95. The van der Waals surface area contributed by atoms with Gasteiger partial charge in [0.05, 0.1) is 22.1 Å². The number of hydrogen-bond donors (Lipinski definition) is 1. The van der Waals surface area contributed by atoms with E-state index in [1.54, 1.807) is 0 Å². The van der Waals surface area contributed by atoms with Crippen LogP contribution in [0.4, 0.5) is 10.2 Å². The van der Waals surface area contributed by atoms with Gasteiger partial charge in [-0.3, -0.25) is 0 Å². The van der Waals surface area contributed by atoms with Crippen LogP contribution < -0.4 is 10.5 Å². The Hall–Kier alpha value is -1.43. The Bertz CT molecular complexity index is 620. The second-order valence-corrected chi connectivity index (χ2v) is 3.61. The number of nitrogens with two attached hydrogens (primary N) is 1. The van der Waals surface area contributed by atoms with Crippen LogP contribution in [0.5, 0.6) is 5.75 Å². The normalized spacial score (nSPS) is 14.4. The summed E-state index contributed by atoms with van der Waals surface area (Å²) in [6, 6.07) is 1.19. The number of rotatable bonds is 1. The first-order valence-electron chi connectivity index (χ1n) is 5.37. The van der Waals surface area contributed by atoms with Crippen molar-refractivity contribution in [3.8, 4) is 5.75 Å². The zero-order valence-corrected chi connectivity index (χ0v) is 8.88. The minimum Gasteiger partial charge on any atom is -0.494 e. The van der Waals surface area contributed by atoms with E-state index in [2.05, 4.69) is 30.6 Å². The summed E-state index contributed by atoms with van der Waals surface area (Å²) in [5.41, 5.74) is 5.80. The predicted molar refractivity (Wildman–Crippen MR) is 58.2 cm³/mol. The van der Waals surface area contributed by atoms with E-state index in [-0.39, 0.29) is 16.7 Å². The van der Waals surface area contributed by atoms with Crippen molar-refractivity contribution in [3.63, 3.8) is 0 Å². The molecule has 78 valence electrons. The lowest BCUT2D eigenvalue weighted by Crippen LogP contribution is -1.98. The van der Waals surface area contributed by atoms with E-state index in [1.165, 1.54) is 12.4 Å². The third kappa shape index (κ3) is 1.50. The highest BCUT2D eigenvalue weighted by Crippen LogP contribution is 2.33. The van der Waals surface area contributed by atoms with E-state index < -0.39 is 18.6 Å². The maximum atomic E-state index is 14.1. The van der Waals surface area contributed by atoms with Gasteiger partial charge in [0.25, 0.3) is 0 Å². The van der Waals surface area contributed by atoms with Crippen LogP contribution in [0.25, 0.3) is 10.9 Å². The predicted octanol–water partition coefficient (Wildman–Crippen LogP) is 2.12. The van der Waals surface area contributed by atoms with Crippen molar-refractivity contribution in [2.24, 2.45) is 0 Å². The standard InChI is InChI=1S/C9H7BrFN3O/c1-15-5-2-4(10)8-6(7(5)11)9(12)14-3-13-8/h2-3H,1H3,(H2,12,13,14)/i1D3. The molecule has 0 bridgehead atoms. The molecule has 0 radical (unpaired) electrons. The first-order chi connectivity index (χ1) is 8.29. The Morgan fingerprint density at radius 1 is 1.60 bits per heavy atom. The molecule has 1 aromatic heterocycles. The van der Waals surface area contributed by atoms with E-state index in [9.17, 15) is 4.39 Å². The Labute approximate surface area is 97.6 Å². The van der Waals surface area contributed by atoms with Gasteiger partial charge < -0.3 is 10.5 Å². The summed E-state index contributed by atoms with van der Waals surface area (Å²) in [6.45, 7) is 0. The van der Waals surface area contributed by atoms with Crippen LogP contribution in [0.3, 0.4) is 0 Å². The molecule has 0 saturated carbocycles. The van der Waals surface area contributed by atoms with E-state index in [4.69, 9.17) is 9.85 Å². The number of ether oxygens (including phenoxy) is 1. The van der Waals surface area contributed by atoms with Gasteiger partial charge >= 0.3 is 0 Å². The lowest BCUT2D eigenvalue weighted by Gasteiger charge is -2.07. The zero-order chi connectivity index (χ0) is 13.5. The SMILES string of the molecule is [2H]C([2H])([2H])Oc1cc(Br)c2ncnc(N)c2c1F. The maximum absolute atomic E-state index is 14.1. The van der Waals surface area contributed by atoms with E-state index in [0.717, 1.165) is 0 Å².